The Morgan fingerprint density at radius 3 is 2.65 bits per heavy atom. The summed E-state index contributed by atoms with van der Waals surface area (Å²) in [6.07, 6.45) is 3.53. The Morgan fingerprint density at radius 2 is 1.82 bits per heavy atom. The lowest BCUT2D eigenvalue weighted by Gasteiger charge is -2.05. The van der Waals surface area contributed by atoms with Crippen LogP contribution in [0.5, 0.6) is 0 Å². The normalized spacial score (nSPS) is 10.6. The Hall–Kier alpha value is -2.29. The van der Waals surface area contributed by atoms with Crippen LogP contribution in [0.3, 0.4) is 0 Å². The van der Waals surface area contributed by atoms with Gasteiger partial charge in [0.15, 0.2) is 5.65 Å². The molecule has 0 unspecified atom stereocenters. The molecule has 0 aromatic carbocycles. The summed E-state index contributed by atoms with van der Waals surface area (Å²) >= 11 is 0. The molecule has 0 bridgehead atoms. The van der Waals surface area contributed by atoms with E-state index in [4.69, 9.17) is 0 Å². The predicted molar refractivity (Wildman–Crippen MR) is 67.5 cm³/mol. The smallest absolute Gasteiger partial charge is 0.159 e. The molecule has 0 saturated heterocycles. The number of hydrogen-bond acceptors (Lipinski definition) is 3. The van der Waals surface area contributed by atoms with Gasteiger partial charge in [-0.3, -0.25) is 4.98 Å². The van der Waals surface area contributed by atoms with Crippen molar-refractivity contribution in [2.24, 2.45) is 0 Å². The van der Waals surface area contributed by atoms with Crippen molar-refractivity contribution in [3.8, 4) is 11.4 Å². The number of nitrogens with zero attached hydrogens (tertiary/aromatic N) is 3. The fourth-order valence-corrected chi connectivity index (χ4v) is 1.87. The van der Waals surface area contributed by atoms with Crippen molar-refractivity contribution in [3.05, 3.63) is 54.4 Å². The van der Waals surface area contributed by atoms with Crippen LogP contribution < -0.4 is 0 Å². The van der Waals surface area contributed by atoms with E-state index < -0.39 is 0 Å². The number of aromatic nitrogens is 3. The maximum Gasteiger partial charge on any atom is 0.159 e. The van der Waals surface area contributed by atoms with Crippen molar-refractivity contribution in [1.29, 1.82) is 0 Å². The summed E-state index contributed by atoms with van der Waals surface area (Å²) in [6.45, 7) is 2.05. The first-order chi connectivity index (χ1) is 8.34. The van der Waals surface area contributed by atoms with Crippen LogP contribution in [0.4, 0.5) is 0 Å². The molecule has 17 heavy (non-hydrogen) atoms. The van der Waals surface area contributed by atoms with Gasteiger partial charge in [-0.2, -0.15) is 0 Å². The van der Waals surface area contributed by atoms with Gasteiger partial charge in [0.1, 0.15) is 0 Å². The molecule has 0 saturated carbocycles. The first-order valence-electron chi connectivity index (χ1n) is 5.48. The van der Waals surface area contributed by atoms with Crippen LogP contribution in [0, 0.1) is 6.92 Å². The van der Waals surface area contributed by atoms with Crippen LogP contribution >= 0.6 is 0 Å². The molecule has 0 atom stereocenters. The van der Waals surface area contributed by atoms with Gasteiger partial charge in [0.25, 0.3) is 0 Å². The largest absolute Gasteiger partial charge is 0.255 e. The van der Waals surface area contributed by atoms with Crippen molar-refractivity contribution >= 4 is 11.0 Å². The van der Waals surface area contributed by atoms with Gasteiger partial charge < -0.3 is 0 Å². The lowest BCUT2D eigenvalue weighted by atomic mass is 10.1. The van der Waals surface area contributed by atoms with E-state index in [1.807, 2.05) is 37.3 Å². The first-order valence-corrected chi connectivity index (χ1v) is 5.48. The highest BCUT2D eigenvalue weighted by Gasteiger charge is 2.06. The molecule has 3 nitrogen and oxygen atoms in total. The van der Waals surface area contributed by atoms with Gasteiger partial charge >= 0.3 is 0 Å². The van der Waals surface area contributed by atoms with Gasteiger partial charge in [0.05, 0.1) is 11.4 Å². The van der Waals surface area contributed by atoms with Crippen molar-refractivity contribution in [3.63, 3.8) is 0 Å². The van der Waals surface area contributed by atoms with Gasteiger partial charge in [-0.05, 0) is 42.8 Å². The van der Waals surface area contributed by atoms with E-state index in [-0.39, 0.29) is 0 Å². The molecule has 0 N–H and O–H groups in total. The highest BCUT2D eigenvalue weighted by Crippen LogP contribution is 2.22. The van der Waals surface area contributed by atoms with Crippen molar-refractivity contribution in [2.75, 3.05) is 0 Å². The molecule has 0 spiro atoms. The van der Waals surface area contributed by atoms with E-state index in [0.29, 0.717) is 0 Å². The van der Waals surface area contributed by atoms with Crippen LogP contribution in [0.25, 0.3) is 22.4 Å². The maximum atomic E-state index is 4.57. The number of aryl methyl sites for hydroxylation is 1. The van der Waals surface area contributed by atoms with E-state index in [2.05, 4.69) is 21.0 Å². The zero-order chi connectivity index (χ0) is 11.7. The molecule has 0 aliphatic carbocycles. The van der Waals surface area contributed by atoms with Crippen LogP contribution in [0.2, 0.25) is 0 Å². The summed E-state index contributed by atoms with van der Waals surface area (Å²) in [6, 6.07) is 11.9. The Balaban J connectivity index is 2.27. The summed E-state index contributed by atoms with van der Waals surface area (Å²) in [5.74, 6) is 0. The molecule has 0 amide bonds. The fourth-order valence-electron chi connectivity index (χ4n) is 1.87. The minimum atomic E-state index is 0.763. The molecule has 3 aromatic rings. The van der Waals surface area contributed by atoms with Crippen LogP contribution in [0.1, 0.15) is 5.56 Å². The number of fused-ring (bicyclic) bond motifs is 1. The second-order valence-electron chi connectivity index (χ2n) is 3.92. The second kappa shape index (κ2) is 3.94. The van der Waals surface area contributed by atoms with E-state index in [0.717, 1.165) is 28.0 Å². The lowest BCUT2D eigenvalue weighted by Crippen LogP contribution is -1.93. The molecule has 82 valence electrons. The topological polar surface area (TPSA) is 38.7 Å². The highest BCUT2D eigenvalue weighted by atomic mass is 14.9. The Morgan fingerprint density at radius 1 is 0.941 bits per heavy atom. The van der Waals surface area contributed by atoms with Crippen LogP contribution in [-0.4, -0.2) is 15.0 Å². The minimum absolute atomic E-state index is 0.763. The molecule has 0 aliphatic heterocycles. The molecule has 0 aliphatic rings. The molecule has 0 radical (unpaired) electrons. The van der Waals surface area contributed by atoms with Gasteiger partial charge in [-0.25, -0.2) is 9.97 Å². The van der Waals surface area contributed by atoms with Crippen molar-refractivity contribution in [2.45, 2.75) is 6.92 Å². The average molecular weight is 221 g/mol. The Labute approximate surface area is 99.2 Å². The average Bonchev–Trinajstić information content (AvgIpc) is 2.39. The molecular formula is C14H11N3. The molecule has 0 fully saturated rings. The molecule has 3 aromatic heterocycles. The van der Waals surface area contributed by atoms with Gasteiger partial charge in [-0.15, -0.1) is 0 Å². The number of rotatable bonds is 1. The summed E-state index contributed by atoms with van der Waals surface area (Å²) in [5, 5.41) is 1.06. The quantitative estimate of drug-likeness (QED) is 0.634. The summed E-state index contributed by atoms with van der Waals surface area (Å²) in [5.41, 5.74) is 3.66. The minimum Gasteiger partial charge on any atom is -0.255 e. The third-order valence-corrected chi connectivity index (χ3v) is 2.69. The van der Waals surface area contributed by atoms with Crippen LogP contribution in [0.15, 0.2) is 48.8 Å². The molecule has 3 heterocycles. The predicted octanol–water partition coefficient (Wildman–Crippen LogP) is 3.00. The first kappa shape index (κ1) is 9.90. The van der Waals surface area contributed by atoms with Gasteiger partial charge in [0.2, 0.25) is 0 Å². The van der Waals surface area contributed by atoms with E-state index in [1.165, 1.54) is 0 Å². The van der Waals surface area contributed by atoms with Crippen LogP contribution in [-0.2, 0) is 0 Å². The SMILES string of the molecule is Cc1cc2cccnc2nc1-c1ccccn1. The summed E-state index contributed by atoms with van der Waals surface area (Å²) in [4.78, 5) is 13.2. The third-order valence-electron chi connectivity index (χ3n) is 2.69. The molecule has 3 heteroatoms. The van der Waals surface area contributed by atoms with Gasteiger partial charge in [0, 0.05) is 17.8 Å². The summed E-state index contributed by atoms with van der Waals surface area (Å²) in [7, 11) is 0. The zero-order valence-electron chi connectivity index (χ0n) is 9.46. The lowest BCUT2D eigenvalue weighted by molar-refractivity contribution is 1.21. The standard InChI is InChI=1S/C14H11N3/c1-10-9-11-5-4-8-16-14(11)17-13(10)12-6-2-3-7-15-12/h2-9H,1H3. The molecular weight excluding hydrogens is 210 g/mol. The van der Waals surface area contributed by atoms with Crippen molar-refractivity contribution < 1.29 is 0 Å². The van der Waals surface area contributed by atoms with E-state index >= 15 is 0 Å². The zero-order valence-corrected chi connectivity index (χ0v) is 9.46. The Bertz CT molecular complexity index is 663. The monoisotopic (exact) mass is 221 g/mol. The number of hydrogen-bond donors (Lipinski definition) is 0. The highest BCUT2D eigenvalue weighted by molar-refractivity contribution is 5.79. The van der Waals surface area contributed by atoms with Crippen molar-refractivity contribution in [1.82, 2.24) is 15.0 Å². The summed E-state index contributed by atoms with van der Waals surface area (Å²) < 4.78 is 0. The maximum absolute atomic E-state index is 4.57. The second-order valence-corrected chi connectivity index (χ2v) is 3.92. The third kappa shape index (κ3) is 1.76. The fraction of sp³-hybridized carbons (Fsp3) is 0.0714. The van der Waals surface area contributed by atoms with Gasteiger partial charge in [-0.1, -0.05) is 6.07 Å². The molecule has 3 rings (SSSR count). The Kier molecular flexibility index (Phi) is 2.29. The van der Waals surface area contributed by atoms with E-state index in [9.17, 15) is 0 Å². The number of pyridine rings is 3. The van der Waals surface area contributed by atoms with E-state index in [1.54, 1.807) is 12.4 Å².